The van der Waals surface area contributed by atoms with Crippen LogP contribution in [-0.2, 0) is 6.61 Å². The van der Waals surface area contributed by atoms with Crippen LogP contribution in [0.3, 0.4) is 0 Å². The molecule has 30 heavy (non-hydrogen) atoms. The molecule has 1 aromatic heterocycles. The Hall–Kier alpha value is -3.45. The molecule has 8 heteroatoms. The van der Waals surface area contributed by atoms with Gasteiger partial charge in [0.2, 0.25) is 0 Å². The molecule has 1 heterocycles. The fraction of sp³-hybridized carbons (Fsp3) is 0.136. The van der Waals surface area contributed by atoms with E-state index in [1.165, 1.54) is 18.5 Å². The van der Waals surface area contributed by atoms with Crippen molar-refractivity contribution in [2.45, 2.75) is 13.5 Å². The highest BCUT2D eigenvalue weighted by atomic mass is 35.5. The number of rotatable bonds is 8. The van der Waals surface area contributed by atoms with E-state index in [1.807, 2.05) is 6.92 Å². The molecule has 0 saturated heterocycles. The molecule has 0 radical (unpaired) electrons. The maximum atomic E-state index is 13.8. The van der Waals surface area contributed by atoms with Gasteiger partial charge in [0.05, 0.1) is 18.4 Å². The first-order valence-electron chi connectivity index (χ1n) is 9.15. The van der Waals surface area contributed by atoms with E-state index in [2.05, 4.69) is 15.5 Å². The molecule has 1 amide bonds. The highest BCUT2D eigenvalue weighted by Gasteiger charge is 2.10. The van der Waals surface area contributed by atoms with E-state index < -0.39 is 5.91 Å². The van der Waals surface area contributed by atoms with Crippen molar-refractivity contribution in [3.05, 3.63) is 88.5 Å². The molecule has 6 nitrogen and oxygen atoms in total. The molecular weight excluding hydrogens is 409 g/mol. The predicted molar refractivity (Wildman–Crippen MR) is 113 cm³/mol. The largest absolute Gasteiger partial charge is 0.490 e. The molecule has 0 spiro atoms. The molecular formula is C22H19ClFN3O3. The molecule has 0 aliphatic rings. The minimum absolute atomic E-state index is 0.0715. The van der Waals surface area contributed by atoms with Gasteiger partial charge in [-0.05, 0) is 48.9 Å². The second-order valence-corrected chi connectivity index (χ2v) is 6.42. The van der Waals surface area contributed by atoms with Gasteiger partial charge in [0, 0.05) is 11.8 Å². The van der Waals surface area contributed by atoms with Crippen LogP contribution in [0.4, 0.5) is 4.39 Å². The van der Waals surface area contributed by atoms with Gasteiger partial charge in [0.1, 0.15) is 17.6 Å². The molecule has 3 rings (SSSR count). The smallest absolute Gasteiger partial charge is 0.274 e. The van der Waals surface area contributed by atoms with E-state index in [0.717, 1.165) is 0 Å². The van der Waals surface area contributed by atoms with Crippen molar-refractivity contribution in [2.24, 2.45) is 5.10 Å². The summed E-state index contributed by atoms with van der Waals surface area (Å²) >= 11 is 5.89. The fourth-order valence-electron chi connectivity index (χ4n) is 2.54. The van der Waals surface area contributed by atoms with Crippen LogP contribution in [0.25, 0.3) is 0 Å². The predicted octanol–water partition coefficient (Wildman–Crippen LogP) is 4.62. The monoisotopic (exact) mass is 427 g/mol. The Bertz CT molecular complexity index is 1060. The number of benzene rings is 2. The van der Waals surface area contributed by atoms with Crippen molar-refractivity contribution >= 4 is 23.7 Å². The minimum atomic E-state index is -0.473. The normalized spacial score (nSPS) is 10.8. The number of carbonyl (C=O) groups is 1. The van der Waals surface area contributed by atoms with Gasteiger partial charge in [-0.2, -0.15) is 5.10 Å². The summed E-state index contributed by atoms with van der Waals surface area (Å²) in [6.45, 7) is 2.34. The first kappa shape index (κ1) is 21.3. The number of nitrogens with one attached hydrogen (secondary N) is 1. The van der Waals surface area contributed by atoms with E-state index in [1.54, 1.807) is 48.5 Å². The molecule has 2 aromatic carbocycles. The van der Waals surface area contributed by atoms with Crippen molar-refractivity contribution in [1.82, 2.24) is 10.4 Å². The quantitative estimate of drug-likeness (QED) is 0.323. The zero-order valence-electron chi connectivity index (χ0n) is 16.1. The fourth-order valence-corrected chi connectivity index (χ4v) is 2.75. The molecule has 0 atom stereocenters. The lowest BCUT2D eigenvalue weighted by Gasteiger charge is -2.13. The zero-order chi connectivity index (χ0) is 21.3. The molecule has 0 fully saturated rings. The summed E-state index contributed by atoms with van der Waals surface area (Å²) in [6, 6.07) is 14.7. The summed E-state index contributed by atoms with van der Waals surface area (Å²) < 4.78 is 25.1. The van der Waals surface area contributed by atoms with Crippen LogP contribution in [-0.4, -0.2) is 23.7 Å². The Morgan fingerprint density at radius 2 is 2.00 bits per heavy atom. The summed E-state index contributed by atoms with van der Waals surface area (Å²) in [6.07, 6.45) is 2.96. The lowest BCUT2D eigenvalue weighted by atomic mass is 10.2. The molecule has 0 saturated carbocycles. The summed E-state index contributed by atoms with van der Waals surface area (Å²) in [4.78, 5) is 16.0. The van der Waals surface area contributed by atoms with Gasteiger partial charge >= 0.3 is 0 Å². The number of halogens is 2. The van der Waals surface area contributed by atoms with Crippen LogP contribution < -0.4 is 14.9 Å². The average Bonchev–Trinajstić information content (AvgIpc) is 2.74. The summed E-state index contributed by atoms with van der Waals surface area (Å²) in [7, 11) is 0. The van der Waals surface area contributed by atoms with E-state index in [9.17, 15) is 9.18 Å². The Labute approximate surface area is 178 Å². The molecule has 0 bridgehead atoms. The summed E-state index contributed by atoms with van der Waals surface area (Å²) in [5.41, 5.74) is 3.75. The number of nitrogens with zero attached hydrogens (tertiary/aromatic N) is 2. The number of hydrogen-bond acceptors (Lipinski definition) is 5. The maximum absolute atomic E-state index is 13.8. The van der Waals surface area contributed by atoms with Crippen LogP contribution in [0.15, 0.2) is 65.9 Å². The summed E-state index contributed by atoms with van der Waals surface area (Å²) in [5, 5.41) is 4.04. The number of hydrazone groups is 1. The minimum Gasteiger partial charge on any atom is -0.490 e. The number of carbonyl (C=O) groups excluding carboxylic acids is 1. The van der Waals surface area contributed by atoms with Gasteiger partial charge in [-0.25, -0.2) is 14.8 Å². The molecule has 0 aliphatic carbocycles. The van der Waals surface area contributed by atoms with Crippen molar-refractivity contribution < 1.29 is 18.7 Å². The first-order chi connectivity index (χ1) is 14.6. The van der Waals surface area contributed by atoms with Gasteiger partial charge in [-0.15, -0.1) is 0 Å². The zero-order valence-corrected chi connectivity index (χ0v) is 16.9. The number of amides is 1. The Morgan fingerprint density at radius 1 is 1.17 bits per heavy atom. The number of hydrogen-bond donors (Lipinski definition) is 1. The molecule has 154 valence electrons. The van der Waals surface area contributed by atoms with Crippen molar-refractivity contribution in [2.75, 3.05) is 6.61 Å². The van der Waals surface area contributed by atoms with E-state index >= 15 is 0 Å². The molecule has 1 N–H and O–H groups in total. The van der Waals surface area contributed by atoms with Crippen molar-refractivity contribution in [3.63, 3.8) is 0 Å². The van der Waals surface area contributed by atoms with Gasteiger partial charge in [-0.1, -0.05) is 29.8 Å². The van der Waals surface area contributed by atoms with Gasteiger partial charge in [0.25, 0.3) is 5.91 Å². The lowest BCUT2D eigenvalue weighted by molar-refractivity contribution is 0.0955. The van der Waals surface area contributed by atoms with Crippen molar-refractivity contribution in [3.8, 4) is 11.5 Å². The van der Waals surface area contributed by atoms with Crippen LogP contribution in [0, 0.1) is 5.82 Å². The van der Waals surface area contributed by atoms with Crippen LogP contribution in [0.1, 0.15) is 28.4 Å². The van der Waals surface area contributed by atoms with E-state index in [-0.39, 0.29) is 23.1 Å². The van der Waals surface area contributed by atoms with Gasteiger partial charge in [-0.3, -0.25) is 4.79 Å². The van der Waals surface area contributed by atoms with Crippen LogP contribution in [0.5, 0.6) is 11.5 Å². The topological polar surface area (TPSA) is 72.8 Å². The van der Waals surface area contributed by atoms with Crippen molar-refractivity contribution in [1.29, 1.82) is 0 Å². The second kappa shape index (κ2) is 10.4. The Balaban J connectivity index is 1.68. The average molecular weight is 428 g/mol. The lowest BCUT2D eigenvalue weighted by Crippen LogP contribution is -2.18. The third-order valence-electron chi connectivity index (χ3n) is 3.99. The molecule has 0 unspecified atom stereocenters. The standard InChI is InChI=1S/C22H19ClFN3O3/c1-2-29-20-12-15(13-26-27-22(28)17-7-5-11-25-21(17)23)9-10-19(20)30-14-16-6-3-4-8-18(16)24/h3-13H,2,14H2,1H3,(H,27,28). The second-order valence-electron chi connectivity index (χ2n) is 6.06. The maximum Gasteiger partial charge on any atom is 0.274 e. The van der Waals surface area contributed by atoms with Crippen LogP contribution >= 0.6 is 11.6 Å². The third kappa shape index (κ3) is 5.55. The van der Waals surface area contributed by atoms with E-state index in [0.29, 0.717) is 29.2 Å². The Kier molecular flexibility index (Phi) is 7.34. The molecule has 0 aliphatic heterocycles. The van der Waals surface area contributed by atoms with Crippen LogP contribution in [0.2, 0.25) is 5.15 Å². The Morgan fingerprint density at radius 3 is 2.77 bits per heavy atom. The third-order valence-corrected chi connectivity index (χ3v) is 4.29. The number of aromatic nitrogens is 1. The highest BCUT2D eigenvalue weighted by molar-refractivity contribution is 6.32. The van der Waals surface area contributed by atoms with Gasteiger partial charge in [0.15, 0.2) is 11.5 Å². The van der Waals surface area contributed by atoms with Gasteiger partial charge < -0.3 is 9.47 Å². The molecule has 3 aromatic rings. The summed E-state index contributed by atoms with van der Waals surface area (Å²) in [5.74, 6) is 0.158. The van der Waals surface area contributed by atoms with E-state index in [4.69, 9.17) is 21.1 Å². The SMILES string of the molecule is CCOc1cc(C=NNC(=O)c2cccnc2Cl)ccc1OCc1ccccc1F. The first-order valence-corrected chi connectivity index (χ1v) is 9.53. The number of pyridine rings is 1. The highest BCUT2D eigenvalue weighted by Crippen LogP contribution is 2.29. The number of ether oxygens (including phenoxy) is 2.